The number of benzene rings is 2. The molecule has 0 heterocycles. The molecule has 0 saturated carbocycles. The number of nitrogens with one attached hydrogen (secondary N) is 1. The normalized spacial score (nSPS) is 10.1. The highest BCUT2D eigenvalue weighted by Gasteiger charge is 2.20. The largest absolute Gasteiger partial charge is 0.507 e. The first kappa shape index (κ1) is 14.7. The highest BCUT2D eigenvalue weighted by molar-refractivity contribution is 6.35. The van der Waals surface area contributed by atoms with Crippen molar-refractivity contribution in [3.63, 3.8) is 0 Å². The number of phenols is 2. The minimum absolute atomic E-state index is 0.0261. The molecule has 0 aromatic heterocycles. The predicted molar refractivity (Wildman–Crippen MR) is 76.1 cm³/mol. The van der Waals surface area contributed by atoms with Gasteiger partial charge in [-0.05, 0) is 24.3 Å². The Morgan fingerprint density at radius 1 is 1.00 bits per heavy atom. The van der Waals surface area contributed by atoms with Crippen molar-refractivity contribution < 1.29 is 24.9 Å². The molecule has 0 unspecified atom stereocenters. The smallest absolute Gasteiger partial charge is 0.337 e. The number of anilines is 1. The summed E-state index contributed by atoms with van der Waals surface area (Å²) in [5, 5.41) is 30.6. The number of hydrogen-bond acceptors (Lipinski definition) is 4. The summed E-state index contributed by atoms with van der Waals surface area (Å²) in [5.41, 5.74) is -0.682. The number of halogens is 1. The fraction of sp³-hybridized carbons (Fsp3) is 0. The lowest BCUT2D eigenvalue weighted by Crippen LogP contribution is -2.15. The monoisotopic (exact) mass is 307 g/mol. The number of carboxylic acids is 1. The lowest BCUT2D eigenvalue weighted by Gasteiger charge is -2.12. The maximum Gasteiger partial charge on any atom is 0.337 e. The summed E-state index contributed by atoms with van der Waals surface area (Å²) in [4.78, 5) is 23.2. The second kappa shape index (κ2) is 5.72. The molecule has 0 atom stereocenters. The molecule has 0 aliphatic carbocycles. The van der Waals surface area contributed by atoms with E-state index in [0.29, 0.717) is 0 Å². The number of hydrogen-bond donors (Lipinski definition) is 4. The number of phenolic OH excluding ortho intramolecular Hbond substituents is 2. The lowest BCUT2D eigenvalue weighted by molar-refractivity contribution is 0.0698. The van der Waals surface area contributed by atoms with Crippen molar-refractivity contribution in [2.45, 2.75) is 0 Å². The number of carboxylic acid groups (broad SMARTS) is 1. The van der Waals surface area contributed by atoms with Crippen molar-refractivity contribution >= 4 is 29.2 Å². The summed E-state index contributed by atoms with van der Waals surface area (Å²) < 4.78 is 0. The van der Waals surface area contributed by atoms with Crippen LogP contribution < -0.4 is 5.32 Å². The van der Waals surface area contributed by atoms with Crippen molar-refractivity contribution in [1.29, 1.82) is 0 Å². The first-order valence-corrected chi connectivity index (χ1v) is 6.13. The summed E-state index contributed by atoms with van der Waals surface area (Å²) in [7, 11) is 0. The van der Waals surface area contributed by atoms with E-state index < -0.39 is 23.4 Å². The van der Waals surface area contributed by atoms with Gasteiger partial charge in [0, 0.05) is 0 Å². The maximum absolute atomic E-state index is 12.1. The average molecular weight is 308 g/mol. The van der Waals surface area contributed by atoms with Gasteiger partial charge in [-0.3, -0.25) is 4.79 Å². The second-order valence-electron chi connectivity index (χ2n) is 4.09. The first-order valence-electron chi connectivity index (χ1n) is 5.76. The number of para-hydroxylation sites is 1. The molecular formula is C14H10ClNO5. The zero-order valence-electron chi connectivity index (χ0n) is 10.5. The fourth-order valence-corrected chi connectivity index (χ4v) is 1.99. The van der Waals surface area contributed by atoms with Crippen LogP contribution in [0.1, 0.15) is 20.7 Å². The van der Waals surface area contributed by atoms with Gasteiger partial charge in [0.15, 0.2) is 0 Å². The molecule has 2 aromatic rings. The maximum atomic E-state index is 12.1. The van der Waals surface area contributed by atoms with Gasteiger partial charge in [0.05, 0.1) is 16.3 Å². The molecule has 0 saturated heterocycles. The summed E-state index contributed by atoms with van der Waals surface area (Å²) in [5.74, 6) is -3.01. The Hall–Kier alpha value is -2.73. The SMILES string of the molecule is O=C(O)c1cccc(Cl)c1NC(=O)c1c(O)cccc1O. The van der Waals surface area contributed by atoms with Gasteiger partial charge in [0.2, 0.25) is 0 Å². The summed E-state index contributed by atoms with van der Waals surface area (Å²) in [6.07, 6.45) is 0. The quantitative estimate of drug-likeness (QED) is 0.697. The van der Waals surface area contributed by atoms with Crippen LogP contribution in [-0.4, -0.2) is 27.2 Å². The first-order chi connectivity index (χ1) is 9.91. The van der Waals surface area contributed by atoms with Crippen molar-refractivity contribution in [3.05, 3.63) is 52.5 Å². The van der Waals surface area contributed by atoms with E-state index in [1.165, 1.54) is 36.4 Å². The molecule has 2 aromatic carbocycles. The number of carbonyl (C=O) groups is 2. The minimum atomic E-state index is -1.27. The third-order valence-corrected chi connectivity index (χ3v) is 3.05. The zero-order valence-corrected chi connectivity index (χ0v) is 11.3. The van der Waals surface area contributed by atoms with Gasteiger partial charge in [-0.1, -0.05) is 23.7 Å². The Morgan fingerprint density at radius 3 is 2.14 bits per heavy atom. The summed E-state index contributed by atoms with van der Waals surface area (Å²) >= 11 is 5.88. The van der Waals surface area contributed by atoms with Gasteiger partial charge < -0.3 is 20.6 Å². The molecule has 4 N–H and O–H groups in total. The number of aromatic carboxylic acids is 1. The molecule has 0 aliphatic rings. The van der Waals surface area contributed by atoms with Crippen LogP contribution in [0.2, 0.25) is 5.02 Å². The molecule has 108 valence electrons. The van der Waals surface area contributed by atoms with Crippen LogP contribution in [0.15, 0.2) is 36.4 Å². The van der Waals surface area contributed by atoms with Crippen LogP contribution in [0.25, 0.3) is 0 Å². The van der Waals surface area contributed by atoms with Gasteiger partial charge in [-0.25, -0.2) is 4.79 Å². The van der Waals surface area contributed by atoms with Crippen molar-refractivity contribution in [3.8, 4) is 11.5 Å². The van der Waals surface area contributed by atoms with Crippen LogP contribution in [0.4, 0.5) is 5.69 Å². The number of carbonyl (C=O) groups excluding carboxylic acids is 1. The molecule has 0 radical (unpaired) electrons. The van der Waals surface area contributed by atoms with E-state index in [2.05, 4.69) is 5.32 Å². The van der Waals surface area contributed by atoms with E-state index in [1.807, 2.05) is 0 Å². The Kier molecular flexibility index (Phi) is 4.00. The average Bonchev–Trinajstić information content (AvgIpc) is 2.40. The number of rotatable bonds is 3. The van der Waals surface area contributed by atoms with E-state index >= 15 is 0 Å². The van der Waals surface area contributed by atoms with E-state index in [9.17, 15) is 19.8 Å². The molecule has 6 nitrogen and oxygen atoms in total. The minimum Gasteiger partial charge on any atom is -0.507 e. The Bertz CT molecular complexity index is 709. The zero-order chi connectivity index (χ0) is 15.6. The molecule has 1 amide bonds. The van der Waals surface area contributed by atoms with Gasteiger partial charge in [0.25, 0.3) is 5.91 Å². The Balaban J connectivity index is 2.44. The van der Waals surface area contributed by atoms with Crippen LogP contribution in [0.3, 0.4) is 0 Å². The highest BCUT2D eigenvalue weighted by atomic mass is 35.5. The van der Waals surface area contributed by atoms with Crippen molar-refractivity contribution in [1.82, 2.24) is 0 Å². The summed E-state index contributed by atoms with van der Waals surface area (Å²) in [6, 6.07) is 7.92. The molecule has 0 bridgehead atoms. The summed E-state index contributed by atoms with van der Waals surface area (Å²) in [6.45, 7) is 0. The molecule has 0 spiro atoms. The van der Waals surface area contributed by atoms with E-state index in [1.54, 1.807) is 0 Å². The van der Waals surface area contributed by atoms with Gasteiger partial charge in [-0.15, -0.1) is 0 Å². The van der Waals surface area contributed by atoms with Crippen LogP contribution in [0, 0.1) is 0 Å². The van der Waals surface area contributed by atoms with Gasteiger partial charge >= 0.3 is 5.97 Å². The third kappa shape index (κ3) is 2.90. The topological polar surface area (TPSA) is 107 Å². The molecule has 7 heteroatoms. The molecule has 2 rings (SSSR count). The Morgan fingerprint density at radius 2 is 1.57 bits per heavy atom. The van der Waals surface area contributed by atoms with E-state index in [0.717, 1.165) is 0 Å². The number of aromatic hydroxyl groups is 2. The third-order valence-electron chi connectivity index (χ3n) is 2.73. The van der Waals surface area contributed by atoms with Gasteiger partial charge in [-0.2, -0.15) is 0 Å². The predicted octanol–water partition coefficient (Wildman–Crippen LogP) is 2.70. The van der Waals surface area contributed by atoms with Crippen molar-refractivity contribution in [2.24, 2.45) is 0 Å². The van der Waals surface area contributed by atoms with Crippen LogP contribution in [-0.2, 0) is 0 Å². The molecule has 0 aliphatic heterocycles. The molecule has 21 heavy (non-hydrogen) atoms. The Labute approximate surface area is 124 Å². The van der Waals surface area contributed by atoms with Crippen LogP contribution in [0.5, 0.6) is 11.5 Å². The van der Waals surface area contributed by atoms with E-state index in [4.69, 9.17) is 16.7 Å². The highest BCUT2D eigenvalue weighted by Crippen LogP contribution is 2.30. The standard InChI is InChI=1S/C14H10ClNO5/c15-8-4-1-3-7(14(20)21)12(8)16-13(19)11-9(17)5-2-6-10(11)18/h1-6,17-18H,(H,16,19)(H,20,21). The van der Waals surface area contributed by atoms with Crippen LogP contribution >= 0.6 is 11.6 Å². The van der Waals surface area contributed by atoms with Crippen molar-refractivity contribution in [2.75, 3.05) is 5.32 Å². The van der Waals surface area contributed by atoms with Gasteiger partial charge in [0.1, 0.15) is 17.1 Å². The molecular weight excluding hydrogens is 298 g/mol. The fourth-order valence-electron chi connectivity index (χ4n) is 1.77. The number of amides is 1. The second-order valence-corrected chi connectivity index (χ2v) is 4.50. The lowest BCUT2D eigenvalue weighted by atomic mass is 10.1. The molecule has 0 fully saturated rings. The van der Waals surface area contributed by atoms with E-state index in [-0.39, 0.29) is 21.8 Å².